The average Bonchev–Trinajstić information content (AvgIpc) is 2.53. The predicted molar refractivity (Wildman–Crippen MR) is 70.2 cm³/mol. The van der Waals surface area contributed by atoms with Gasteiger partial charge < -0.3 is 0 Å². The molecule has 1 heterocycles. The molecule has 1 rings (SSSR count). The highest BCUT2D eigenvalue weighted by atomic mass is 35.5. The maximum absolute atomic E-state index is 11.5. The van der Waals surface area contributed by atoms with Crippen LogP contribution in [-0.2, 0) is 18.8 Å². The summed E-state index contributed by atoms with van der Waals surface area (Å²) >= 11 is 17.6. The number of thiophene rings is 1. The summed E-state index contributed by atoms with van der Waals surface area (Å²) in [5.41, 5.74) is 3.01. The van der Waals surface area contributed by atoms with Gasteiger partial charge in [-0.1, -0.05) is 36.5 Å². The second kappa shape index (κ2) is 6.49. The van der Waals surface area contributed by atoms with E-state index < -0.39 is 5.91 Å². The minimum absolute atomic E-state index is 0.367. The fourth-order valence-corrected chi connectivity index (χ4v) is 3.08. The van der Waals surface area contributed by atoms with Gasteiger partial charge in [-0.3, -0.25) is 4.79 Å². The van der Waals surface area contributed by atoms with Crippen molar-refractivity contribution in [2.75, 3.05) is 0 Å². The summed E-state index contributed by atoms with van der Waals surface area (Å²) in [6.45, 7) is 2.08. The maximum Gasteiger partial charge on any atom is 0.283 e. The van der Waals surface area contributed by atoms with Gasteiger partial charge in [0.15, 0.2) is 0 Å². The first-order valence-electron chi connectivity index (χ1n) is 4.71. The number of nitrogens with one attached hydrogen (secondary N) is 1. The Hall–Kier alpha value is -0.230. The van der Waals surface area contributed by atoms with Crippen molar-refractivity contribution in [2.45, 2.75) is 26.2 Å². The summed E-state index contributed by atoms with van der Waals surface area (Å²) in [6, 6.07) is 0. The third-order valence-corrected chi connectivity index (χ3v) is 4.13. The summed E-state index contributed by atoms with van der Waals surface area (Å²) in [5, 5.41) is 0.416. The van der Waals surface area contributed by atoms with Gasteiger partial charge in [-0.2, -0.15) is 0 Å². The van der Waals surface area contributed by atoms with E-state index in [0.717, 1.165) is 36.2 Å². The summed E-state index contributed by atoms with van der Waals surface area (Å²) in [4.78, 5) is 11.9. The molecule has 0 saturated carbocycles. The van der Waals surface area contributed by atoms with Crippen LogP contribution in [0.2, 0.25) is 9.36 Å². The smallest absolute Gasteiger partial charge is 0.266 e. The molecule has 1 aromatic rings. The summed E-state index contributed by atoms with van der Waals surface area (Å²) in [7, 11) is 0. The second-order valence-electron chi connectivity index (χ2n) is 3.13. The Balaban J connectivity index is 2.96. The maximum atomic E-state index is 11.5. The van der Waals surface area contributed by atoms with E-state index >= 15 is 0 Å². The molecule has 88 valence electrons. The number of amides is 1. The molecule has 0 fully saturated rings. The van der Waals surface area contributed by atoms with E-state index in [1.807, 2.05) is 0 Å². The molecule has 0 unspecified atom stereocenters. The van der Waals surface area contributed by atoms with E-state index in [2.05, 4.69) is 29.2 Å². The Morgan fingerprint density at radius 1 is 1.56 bits per heavy atom. The normalized spacial score (nSPS) is 10.2. The summed E-state index contributed by atoms with van der Waals surface area (Å²) in [6.07, 6.45) is 2.82. The van der Waals surface area contributed by atoms with Crippen LogP contribution in [0.1, 0.15) is 35.0 Å². The van der Waals surface area contributed by atoms with Gasteiger partial charge in [-0.15, -0.1) is 15.8 Å². The number of unbranched alkanes of at least 4 members (excludes halogenated alkanes) is 1. The highest BCUT2D eigenvalue weighted by Crippen LogP contribution is 2.37. The monoisotopic (exact) mass is 296 g/mol. The molecule has 0 aliphatic rings. The lowest BCUT2D eigenvalue weighted by Gasteiger charge is -1.98. The van der Waals surface area contributed by atoms with Crippen LogP contribution < -0.4 is 5.43 Å². The minimum Gasteiger partial charge on any atom is -0.266 e. The van der Waals surface area contributed by atoms with Gasteiger partial charge >= 0.3 is 0 Å². The number of nitrogens with zero attached hydrogens (tertiary/aromatic N) is 1. The van der Waals surface area contributed by atoms with Crippen molar-refractivity contribution in [1.29, 1.82) is 0 Å². The molecule has 0 bridgehead atoms. The largest absolute Gasteiger partial charge is 0.283 e. The Labute approximate surface area is 113 Å². The van der Waals surface area contributed by atoms with Crippen molar-refractivity contribution >= 4 is 52.9 Å². The Kier molecular flexibility index (Phi) is 5.61. The van der Waals surface area contributed by atoms with Gasteiger partial charge in [0.1, 0.15) is 4.88 Å². The van der Waals surface area contributed by atoms with E-state index in [4.69, 9.17) is 23.2 Å². The molecular weight excluding hydrogens is 287 g/mol. The van der Waals surface area contributed by atoms with Gasteiger partial charge in [-0.05, 0) is 12.8 Å². The van der Waals surface area contributed by atoms with Crippen LogP contribution in [0.5, 0.6) is 0 Å². The van der Waals surface area contributed by atoms with Crippen molar-refractivity contribution < 1.29 is 4.79 Å². The number of carbonyl (C=O) groups is 1. The van der Waals surface area contributed by atoms with Crippen molar-refractivity contribution in [3.05, 3.63) is 19.8 Å². The van der Waals surface area contributed by atoms with Crippen molar-refractivity contribution in [1.82, 2.24) is 5.43 Å². The van der Waals surface area contributed by atoms with E-state index in [-0.39, 0.29) is 0 Å². The quantitative estimate of drug-likeness (QED) is 0.840. The molecule has 0 spiro atoms. The molecule has 0 aliphatic heterocycles. The summed E-state index contributed by atoms with van der Waals surface area (Å²) < 4.78 is 3.71. The Morgan fingerprint density at radius 3 is 2.81 bits per heavy atom. The highest BCUT2D eigenvalue weighted by Gasteiger charge is 2.20. The van der Waals surface area contributed by atoms with Crippen LogP contribution in [0.25, 0.3) is 0 Å². The molecule has 1 aromatic heterocycles. The standard InChI is InChI=1S/C9H10Cl2N2OS2/c1-2-3-4-5-6(10)7(16-8(5)11)9(14)12-13-15/h2-4H2,1H3,(H,12,14,15). The van der Waals surface area contributed by atoms with Gasteiger partial charge in [0.2, 0.25) is 0 Å². The third-order valence-electron chi connectivity index (χ3n) is 2.03. The lowest BCUT2D eigenvalue weighted by atomic mass is 10.1. The number of rotatable bonds is 5. The molecule has 0 saturated heterocycles. The zero-order chi connectivity index (χ0) is 12.1. The third kappa shape index (κ3) is 3.13. The first-order chi connectivity index (χ1) is 7.61. The molecule has 0 aliphatic carbocycles. The molecule has 1 N–H and O–H groups in total. The van der Waals surface area contributed by atoms with Crippen LogP contribution in [0, 0.1) is 0 Å². The zero-order valence-electron chi connectivity index (χ0n) is 8.55. The van der Waals surface area contributed by atoms with E-state index in [1.54, 1.807) is 0 Å². The van der Waals surface area contributed by atoms with E-state index in [0.29, 0.717) is 14.2 Å². The number of hydrogen-bond acceptors (Lipinski definition) is 4. The number of halogens is 2. The number of carbonyl (C=O) groups excluding carboxylic acids is 1. The van der Waals surface area contributed by atoms with E-state index in [9.17, 15) is 4.79 Å². The van der Waals surface area contributed by atoms with Gasteiger partial charge in [0, 0.05) is 5.56 Å². The Morgan fingerprint density at radius 2 is 2.25 bits per heavy atom. The van der Waals surface area contributed by atoms with Crippen molar-refractivity contribution in [2.24, 2.45) is 4.47 Å². The summed E-state index contributed by atoms with van der Waals surface area (Å²) in [5.74, 6) is -0.408. The molecule has 16 heavy (non-hydrogen) atoms. The molecule has 1 amide bonds. The Bertz CT molecular complexity index is 406. The lowest BCUT2D eigenvalue weighted by Crippen LogP contribution is -2.15. The van der Waals surface area contributed by atoms with Crippen LogP contribution >= 0.6 is 34.5 Å². The van der Waals surface area contributed by atoms with E-state index in [1.165, 1.54) is 0 Å². The van der Waals surface area contributed by atoms with Crippen LogP contribution in [0.15, 0.2) is 4.47 Å². The van der Waals surface area contributed by atoms with Crippen LogP contribution in [0.4, 0.5) is 0 Å². The highest BCUT2D eigenvalue weighted by molar-refractivity contribution is 7.47. The average molecular weight is 297 g/mol. The second-order valence-corrected chi connectivity index (χ2v) is 5.32. The molecule has 0 aromatic carbocycles. The first-order valence-corrected chi connectivity index (χ1v) is 6.64. The molecule has 3 nitrogen and oxygen atoms in total. The lowest BCUT2D eigenvalue weighted by molar-refractivity contribution is 0.0960. The fraction of sp³-hybridized carbons (Fsp3) is 0.444. The van der Waals surface area contributed by atoms with Crippen LogP contribution in [-0.4, -0.2) is 5.91 Å². The predicted octanol–water partition coefficient (Wildman–Crippen LogP) is 3.77. The number of hydrogen-bond donors (Lipinski definition) is 1. The SMILES string of the molecule is CCCCc1c(Cl)sc(C(=O)NN=S)c1Cl. The molecule has 0 radical (unpaired) electrons. The van der Waals surface area contributed by atoms with Gasteiger partial charge in [-0.25, -0.2) is 5.43 Å². The van der Waals surface area contributed by atoms with Crippen molar-refractivity contribution in [3.8, 4) is 0 Å². The minimum atomic E-state index is -0.408. The first kappa shape index (κ1) is 13.8. The molecule has 0 atom stereocenters. The van der Waals surface area contributed by atoms with Gasteiger partial charge in [0.25, 0.3) is 5.91 Å². The topological polar surface area (TPSA) is 41.5 Å². The molecular formula is C9H10Cl2N2OS2. The fourth-order valence-electron chi connectivity index (χ4n) is 1.22. The zero-order valence-corrected chi connectivity index (χ0v) is 11.7. The molecule has 7 heteroatoms. The van der Waals surface area contributed by atoms with Crippen LogP contribution in [0.3, 0.4) is 0 Å². The van der Waals surface area contributed by atoms with Gasteiger partial charge in [0.05, 0.1) is 21.8 Å². The van der Waals surface area contributed by atoms with Crippen molar-refractivity contribution in [3.63, 3.8) is 0 Å².